The van der Waals surface area contributed by atoms with Gasteiger partial charge in [-0.25, -0.2) is 4.98 Å². The zero-order valence-corrected chi connectivity index (χ0v) is 10.4. The van der Waals surface area contributed by atoms with Gasteiger partial charge in [0.1, 0.15) is 5.82 Å². The average molecular weight is 243 g/mol. The third-order valence-corrected chi connectivity index (χ3v) is 2.72. The Morgan fingerprint density at radius 2 is 1.89 bits per heavy atom. The predicted molar refractivity (Wildman–Crippen MR) is 73.1 cm³/mol. The Hall–Kier alpha value is -2.07. The molecule has 0 saturated heterocycles. The van der Waals surface area contributed by atoms with E-state index in [-0.39, 0.29) is 6.61 Å². The molecular formula is C14H17N3O. The first-order valence-corrected chi connectivity index (χ1v) is 5.83. The molecule has 4 N–H and O–H groups in total. The summed E-state index contributed by atoms with van der Waals surface area (Å²) in [4.78, 5) is 4.25. The van der Waals surface area contributed by atoms with E-state index >= 15 is 0 Å². The molecule has 0 aliphatic carbocycles. The van der Waals surface area contributed by atoms with Crippen molar-refractivity contribution in [3.8, 4) is 0 Å². The maximum Gasteiger partial charge on any atom is 0.149 e. The number of aryl methyl sites for hydroxylation is 1. The van der Waals surface area contributed by atoms with Crippen molar-refractivity contribution in [2.24, 2.45) is 0 Å². The van der Waals surface area contributed by atoms with E-state index in [1.807, 2.05) is 37.3 Å². The maximum absolute atomic E-state index is 8.96. The molecule has 4 nitrogen and oxygen atoms in total. The molecule has 0 saturated carbocycles. The van der Waals surface area contributed by atoms with Gasteiger partial charge in [0, 0.05) is 12.7 Å². The molecule has 1 aromatic carbocycles. The van der Waals surface area contributed by atoms with Crippen molar-refractivity contribution in [2.75, 3.05) is 11.1 Å². The lowest BCUT2D eigenvalue weighted by Crippen LogP contribution is -2.04. The summed E-state index contributed by atoms with van der Waals surface area (Å²) in [5.74, 6) is 0.701. The number of hydrogen-bond acceptors (Lipinski definition) is 4. The molecule has 0 atom stereocenters. The molecule has 1 aromatic heterocycles. The lowest BCUT2D eigenvalue weighted by Gasteiger charge is -2.09. The second-order valence-electron chi connectivity index (χ2n) is 4.28. The van der Waals surface area contributed by atoms with Crippen LogP contribution in [0.3, 0.4) is 0 Å². The number of nitrogens with zero attached hydrogens (tertiary/aromatic N) is 1. The molecule has 0 amide bonds. The lowest BCUT2D eigenvalue weighted by atomic mass is 10.1. The van der Waals surface area contributed by atoms with Crippen LogP contribution in [0.25, 0.3) is 0 Å². The van der Waals surface area contributed by atoms with Gasteiger partial charge in [-0.3, -0.25) is 0 Å². The van der Waals surface area contributed by atoms with Gasteiger partial charge in [-0.05, 0) is 29.7 Å². The fourth-order valence-electron chi connectivity index (χ4n) is 1.69. The second kappa shape index (κ2) is 5.51. The first-order valence-electron chi connectivity index (χ1n) is 5.83. The largest absolute Gasteiger partial charge is 0.396 e. The highest BCUT2D eigenvalue weighted by molar-refractivity contribution is 5.61. The maximum atomic E-state index is 8.96. The van der Waals surface area contributed by atoms with Crippen molar-refractivity contribution >= 4 is 11.5 Å². The third kappa shape index (κ3) is 2.99. The van der Waals surface area contributed by atoms with Crippen molar-refractivity contribution in [3.63, 3.8) is 0 Å². The van der Waals surface area contributed by atoms with Gasteiger partial charge in [0.05, 0.1) is 12.3 Å². The molecular weight excluding hydrogens is 226 g/mol. The standard InChI is InChI=1S/C14H17N3O/c1-10-6-13(15)14(16-7-10)17-8-11-2-4-12(9-18)5-3-11/h2-7,18H,8-9,15H2,1H3,(H,16,17). The topological polar surface area (TPSA) is 71.2 Å². The van der Waals surface area contributed by atoms with Crippen LogP contribution in [-0.2, 0) is 13.2 Å². The Morgan fingerprint density at radius 3 is 2.50 bits per heavy atom. The number of pyridine rings is 1. The van der Waals surface area contributed by atoms with Crippen molar-refractivity contribution < 1.29 is 5.11 Å². The van der Waals surface area contributed by atoms with Crippen LogP contribution in [0.4, 0.5) is 11.5 Å². The molecule has 2 rings (SSSR count). The predicted octanol–water partition coefficient (Wildman–Crippen LogP) is 2.08. The number of aliphatic hydroxyl groups excluding tert-OH is 1. The number of nitrogens with two attached hydrogens (primary N) is 1. The smallest absolute Gasteiger partial charge is 0.149 e. The third-order valence-electron chi connectivity index (χ3n) is 2.72. The summed E-state index contributed by atoms with van der Waals surface area (Å²) in [6.45, 7) is 2.69. The molecule has 0 bridgehead atoms. The van der Waals surface area contributed by atoms with E-state index in [4.69, 9.17) is 10.8 Å². The van der Waals surface area contributed by atoms with Crippen LogP contribution >= 0.6 is 0 Å². The lowest BCUT2D eigenvalue weighted by molar-refractivity contribution is 0.282. The average Bonchev–Trinajstić information content (AvgIpc) is 2.38. The molecule has 1 heterocycles. The van der Waals surface area contributed by atoms with Gasteiger partial charge < -0.3 is 16.2 Å². The van der Waals surface area contributed by atoms with E-state index in [0.717, 1.165) is 16.7 Å². The summed E-state index contributed by atoms with van der Waals surface area (Å²) in [5, 5.41) is 12.2. The number of nitrogen functional groups attached to an aromatic ring is 1. The summed E-state index contributed by atoms with van der Waals surface area (Å²) in [5.41, 5.74) is 9.60. The Bertz CT molecular complexity index is 523. The number of anilines is 2. The van der Waals surface area contributed by atoms with Crippen molar-refractivity contribution in [2.45, 2.75) is 20.1 Å². The SMILES string of the molecule is Cc1cnc(NCc2ccc(CO)cc2)c(N)c1. The summed E-state index contributed by atoms with van der Waals surface area (Å²) in [6, 6.07) is 9.65. The van der Waals surface area contributed by atoms with E-state index in [9.17, 15) is 0 Å². The van der Waals surface area contributed by atoms with Crippen LogP contribution in [0, 0.1) is 6.92 Å². The molecule has 18 heavy (non-hydrogen) atoms. The molecule has 0 radical (unpaired) electrons. The Kier molecular flexibility index (Phi) is 3.79. The summed E-state index contributed by atoms with van der Waals surface area (Å²) in [7, 11) is 0. The van der Waals surface area contributed by atoms with Crippen LogP contribution in [-0.4, -0.2) is 10.1 Å². The van der Waals surface area contributed by atoms with E-state index < -0.39 is 0 Å². The molecule has 4 heteroatoms. The number of aliphatic hydroxyl groups is 1. The summed E-state index contributed by atoms with van der Waals surface area (Å²) < 4.78 is 0. The Balaban J connectivity index is 2.02. The zero-order chi connectivity index (χ0) is 13.0. The molecule has 0 fully saturated rings. The molecule has 0 unspecified atom stereocenters. The van der Waals surface area contributed by atoms with Gasteiger partial charge in [-0.15, -0.1) is 0 Å². The number of rotatable bonds is 4. The minimum atomic E-state index is 0.0696. The normalized spacial score (nSPS) is 10.3. The molecule has 0 aliphatic heterocycles. The number of benzene rings is 1. The first-order chi connectivity index (χ1) is 8.69. The number of nitrogens with one attached hydrogen (secondary N) is 1. The van der Waals surface area contributed by atoms with Gasteiger partial charge in [0.15, 0.2) is 0 Å². The van der Waals surface area contributed by atoms with Crippen LogP contribution in [0.2, 0.25) is 0 Å². The fraction of sp³-hybridized carbons (Fsp3) is 0.214. The highest BCUT2D eigenvalue weighted by Crippen LogP contribution is 2.16. The molecule has 2 aromatic rings. The van der Waals surface area contributed by atoms with E-state index in [1.165, 1.54) is 0 Å². The van der Waals surface area contributed by atoms with Crippen LogP contribution < -0.4 is 11.1 Å². The Morgan fingerprint density at radius 1 is 1.22 bits per heavy atom. The molecule has 0 spiro atoms. The van der Waals surface area contributed by atoms with E-state index in [0.29, 0.717) is 18.1 Å². The summed E-state index contributed by atoms with van der Waals surface area (Å²) >= 11 is 0. The van der Waals surface area contributed by atoms with Crippen molar-refractivity contribution in [1.82, 2.24) is 4.98 Å². The minimum absolute atomic E-state index is 0.0696. The molecule has 0 aliphatic rings. The second-order valence-corrected chi connectivity index (χ2v) is 4.28. The highest BCUT2D eigenvalue weighted by Gasteiger charge is 2.00. The minimum Gasteiger partial charge on any atom is -0.396 e. The summed E-state index contributed by atoms with van der Waals surface area (Å²) in [6.07, 6.45) is 1.79. The van der Waals surface area contributed by atoms with Gasteiger partial charge in [-0.1, -0.05) is 24.3 Å². The highest BCUT2D eigenvalue weighted by atomic mass is 16.3. The number of hydrogen-bond donors (Lipinski definition) is 3. The van der Waals surface area contributed by atoms with Crippen molar-refractivity contribution in [1.29, 1.82) is 0 Å². The van der Waals surface area contributed by atoms with Gasteiger partial charge in [0.25, 0.3) is 0 Å². The Labute approximate surface area is 106 Å². The van der Waals surface area contributed by atoms with Gasteiger partial charge >= 0.3 is 0 Å². The van der Waals surface area contributed by atoms with Gasteiger partial charge in [-0.2, -0.15) is 0 Å². The van der Waals surface area contributed by atoms with Gasteiger partial charge in [0.2, 0.25) is 0 Å². The molecule has 94 valence electrons. The van der Waals surface area contributed by atoms with E-state index in [1.54, 1.807) is 6.20 Å². The monoisotopic (exact) mass is 243 g/mol. The van der Waals surface area contributed by atoms with Crippen LogP contribution in [0.1, 0.15) is 16.7 Å². The van der Waals surface area contributed by atoms with E-state index in [2.05, 4.69) is 10.3 Å². The zero-order valence-electron chi connectivity index (χ0n) is 10.4. The van der Waals surface area contributed by atoms with Crippen molar-refractivity contribution in [3.05, 3.63) is 53.2 Å². The number of aromatic nitrogens is 1. The quantitative estimate of drug-likeness (QED) is 0.768. The van der Waals surface area contributed by atoms with Crippen LogP contribution in [0.5, 0.6) is 0 Å². The van der Waals surface area contributed by atoms with Crippen LogP contribution in [0.15, 0.2) is 36.5 Å². The fourth-order valence-corrected chi connectivity index (χ4v) is 1.69. The first kappa shape index (κ1) is 12.4.